The SMILES string of the molecule is CCCCCCOc1cccc2c(O)c3c(c(O)c12)C1CCC3C1. The van der Waals surface area contributed by atoms with Gasteiger partial charge in [0.25, 0.3) is 0 Å². The maximum Gasteiger partial charge on any atom is 0.131 e. The molecule has 3 nitrogen and oxygen atoms in total. The predicted octanol–water partition coefficient (Wildman–Crippen LogP) is 5.57. The maximum absolute atomic E-state index is 10.9. The number of ether oxygens (including phenoxy) is 1. The van der Waals surface area contributed by atoms with E-state index in [4.69, 9.17) is 4.74 Å². The monoisotopic (exact) mass is 326 g/mol. The molecule has 4 rings (SSSR count). The van der Waals surface area contributed by atoms with Crippen molar-refractivity contribution in [2.75, 3.05) is 6.61 Å². The van der Waals surface area contributed by atoms with E-state index in [-0.39, 0.29) is 0 Å². The fourth-order valence-corrected chi connectivity index (χ4v) is 4.67. The van der Waals surface area contributed by atoms with Crippen LogP contribution in [0.25, 0.3) is 10.8 Å². The van der Waals surface area contributed by atoms with Crippen molar-refractivity contribution in [3.8, 4) is 17.2 Å². The Morgan fingerprint density at radius 1 is 1.00 bits per heavy atom. The van der Waals surface area contributed by atoms with Crippen LogP contribution in [0.4, 0.5) is 0 Å². The lowest BCUT2D eigenvalue weighted by molar-refractivity contribution is 0.307. The molecule has 3 heteroatoms. The molecule has 2 unspecified atom stereocenters. The normalized spacial score (nSPS) is 21.4. The van der Waals surface area contributed by atoms with Gasteiger partial charge in [-0.25, -0.2) is 0 Å². The Labute approximate surface area is 143 Å². The number of fused-ring (bicyclic) bond motifs is 6. The Bertz CT molecular complexity index is 766. The van der Waals surface area contributed by atoms with Gasteiger partial charge in [0, 0.05) is 16.5 Å². The predicted molar refractivity (Wildman–Crippen MR) is 96.2 cm³/mol. The quantitative estimate of drug-likeness (QED) is 0.538. The molecule has 2 aliphatic carbocycles. The van der Waals surface area contributed by atoms with Gasteiger partial charge in [-0.05, 0) is 43.6 Å². The topological polar surface area (TPSA) is 49.7 Å². The Morgan fingerprint density at radius 3 is 2.50 bits per heavy atom. The molecule has 0 aromatic heterocycles. The van der Waals surface area contributed by atoms with Crippen molar-refractivity contribution >= 4 is 10.8 Å². The van der Waals surface area contributed by atoms with Crippen molar-refractivity contribution in [1.29, 1.82) is 0 Å². The zero-order valence-electron chi connectivity index (χ0n) is 14.3. The van der Waals surface area contributed by atoms with Gasteiger partial charge >= 0.3 is 0 Å². The molecule has 0 aliphatic heterocycles. The molecule has 0 saturated heterocycles. The molecule has 2 aliphatic rings. The highest BCUT2D eigenvalue weighted by molar-refractivity contribution is 6.00. The van der Waals surface area contributed by atoms with Crippen LogP contribution < -0.4 is 4.74 Å². The molecule has 2 N–H and O–H groups in total. The van der Waals surface area contributed by atoms with Crippen LogP contribution >= 0.6 is 0 Å². The van der Waals surface area contributed by atoms with Gasteiger partial charge in [0.2, 0.25) is 0 Å². The van der Waals surface area contributed by atoms with Gasteiger partial charge in [-0.2, -0.15) is 0 Å². The highest BCUT2D eigenvalue weighted by Gasteiger charge is 2.42. The smallest absolute Gasteiger partial charge is 0.131 e. The molecular formula is C21H26O3. The van der Waals surface area contributed by atoms with E-state index in [0.717, 1.165) is 48.6 Å². The minimum Gasteiger partial charge on any atom is -0.507 e. The molecule has 1 fully saturated rings. The first-order chi connectivity index (χ1) is 11.7. The van der Waals surface area contributed by atoms with Crippen molar-refractivity contribution < 1.29 is 14.9 Å². The molecule has 0 amide bonds. The number of unbranched alkanes of at least 4 members (excludes halogenated alkanes) is 3. The molecule has 0 spiro atoms. The molecular weight excluding hydrogens is 300 g/mol. The third-order valence-corrected chi connectivity index (χ3v) is 5.82. The summed E-state index contributed by atoms with van der Waals surface area (Å²) in [6.45, 7) is 2.85. The summed E-state index contributed by atoms with van der Waals surface area (Å²) in [6.07, 6.45) is 7.93. The maximum atomic E-state index is 10.9. The number of benzene rings is 2. The fourth-order valence-electron chi connectivity index (χ4n) is 4.67. The van der Waals surface area contributed by atoms with E-state index < -0.39 is 0 Å². The summed E-state index contributed by atoms with van der Waals surface area (Å²) in [5.74, 6) is 2.22. The highest BCUT2D eigenvalue weighted by Crippen LogP contribution is 2.61. The van der Waals surface area contributed by atoms with E-state index in [2.05, 4.69) is 6.92 Å². The van der Waals surface area contributed by atoms with Gasteiger partial charge < -0.3 is 14.9 Å². The summed E-state index contributed by atoms with van der Waals surface area (Å²) >= 11 is 0. The van der Waals surface area contributed by atoms with E-state index in [1.165, 1.54) is 12.8 Å². The van der Waals surface area contributed by atoms with E-state index in [9.17, 15) is 10.2 Å². The Kier molecular flexibility index (Phi) is 4.03. The number of hydrogen-bond donors (Lipinski definition) is 2. The number of hydrogen-bond acceptors (Lipinski definition) is 3. The number of aromatic hydroxyl groups is 2. The van der Waals surface area contributed by atoms with Crippen molar-refractivity contribution in [2.45, 2.75) is 63.7 Å². The minimum atomic E-state index is 0.342. The van der Waals surface area contributed by atoms with Crippen LogP contribution in [0.2, 0.25) is 0 Å². The van der Waals surface area contributed by atoms with Gasteiger partial charge in [0.05, 0.1) is 12.0 Å². The molecule has 2 aromatic carbocycles. The summed E-state index contributed by atoms with van der Waals surface area (Å²) in [4.78, 5) is 0. The summed E-state index contributed by atoms with van der Waals surface area (Å²) in [5, 5.41) is 23.2. The second kappa shape index (κ2) is 6.19. The van der Waals surface area contributed by atoms with Crippen LogP contribution in [-0.4, -0.2) is 16.8 Å². The van der Waals surface area contributed by atoms with E-state index >= 15 is 0 Å². The van der Waals surface area contributed by atoms with Crippen LogP contribution in [0.3, 0.4) is 0 Å². The van der Waals surface area contributed by atoms with Gasteiger partial charge in [-0.15, -0.1) is 0 Å². The number of rotatable bonds is 6. The molecule has 128 valence electrons. The standard InChI is InChI=1S/C21H26O3/c1-2-3-4-5-11-24-16-8-6-7-15-19(16)21(23)18-14-10-9-13(12-14)17(18)20(15)22/h6-8,13-14,22-23H,2-5,9-12H2,1H3. The van der Waals surface area contributed by atoms with E-state index in [0.29, 0.717) is 41.1 Å². The first kappa shape index (κ1) is 15.6. The molecule has 2 aromatic rings. The van der Waals surface area contributed by atoms with Crippen LogP contribution in [-0.2, 0) is 0 Å². The van der Waals surface area contributed by atoms with Crippen molar-refractivity contribution in [1.82, 2.24) is 0 Å². The fraction of sp³-hybridized carbons (Fsp3) is 0.524. The van der Waals surface area contributed by atoms with Crippen LogP contribution in [0.1, 0.15) is 74.8 Å². The van der Waals surface area contributed by atoms with E-state index in [1.807, 2.05) is 18.2 Å². The van der Waals surface area contributed by atoms with Crippen molar-refractivity contribution in [3.63, 3.8) is 0 Å². The number of phenols is 2. The van der Waals surface area contributed by atoms with Crippen molar-refractivity contribution in [2.24, 2.45) is 0 Å². The molecule has 2 bridgehead atoms. The largest absolute Gasteiger partial charge is 0.507 e. The lowest BCUT2D eigenvalue weighted by Gasteiger charge is -2.21. The molecule has 24 heavy (non-hydrogen) atoms. The molecule has 1 saturated carbocycles. The Morgan fingerprint density at radius 2 is 1.75 bits per heavy atom. The van der Waals surface area contributed by atoms with E-state index in [1.54, 1.807) is 0 Å². The Hall–Kier alpha value is -1.90. The molecule has 2 atom stereocenters. The molecule has 0 heterocycles. The highest BCUT2D eigenvalue weighted by atomic mass is 16.5. The van der Waals surface area contributed by atoms with Crippen LogP contribution in [0, 0.1) is 0 Å². The first-order valence-corrected chi connectivity index (χ1v) is 9.35. The van der Waals surface area contributed by atoms with Crippen molar-refractivity contribution in [3.05, 3.63) is 29.3 Å². The third-order valence-electron chi connectivity index (χ3n) is 5.82. The van der Waals surface area contributed by atoms with Gasteiger partial charge in [-0.1, -0.05) is 38.3 Å². The average Bonchev–Trinajstić information content (AvgIpc) is 3.21. The summed E-state index contributed by atoms with van der Waals surface area (Å²) in [5.41, 5.74) is 1.98. The lowest BCUT2D eigenvalue weighted by atomic mass is 9.87. The summed E-state index contributed by atoms with van der Waals surface area (Å²) in [6, 6.07) is 5.70. The zero-order chi connectivity index (χ0) is 16.7. The van der Waals surface area contributed by atoms with Crippen LogP contribution in [0.15, 0.2) is 18.2 Å². The average molecular weight is 326 g/mol. The lowest BCUT2D eigenvalue weighted by Crippen LogP contribution is -2.02. The third kappa shape index (κ3) is 2.33. The zero-order valence-corrected chi connectivity index (χ0v) is 14.3. The van der Waals surface area contributed by atoms with Gasteiger partial charge in [-0.3, -0.25) is 0 Å². The number of phenolic OH excluding ortho intramolecular Hbond substituents is 2. The van der Waals surface area contributed by atoms with Gasteiger partial charge in [0.15, 0.2) is 0 Å². The summed E-state index contributed by atoms with van der Waals surface area (Å²) in [7, 11) is 0. The Balaban J connectivity index is 1.72. The first-order valence-electron chi connectivity index (χ1n) is 9.35. The minimum absolute atomic E-state index is 0.342. The molecule has 0 radical (unpaired) electrons. The van der Waals surface area contributed by atoms with Gasteiger partial charge in [0.1, 0.15) is 17.2 Å². The second-order valence-corrected chi connectivity index (χ2v) is 7.32. The van der Waals surface area contributed by atoms with Crippen LogP contribution in [0.5, 0.6) is 17.2 Å². The second-order valence-electron chi connectivity index (χ2n) is 7.32. The summed E-state index contributed by atoms with van der Waals surface area (Å²) < 4.78 is 5.97.